The first-order chi connectivity index (χ1) is 10.5. The molecule has 112 valence electrons. The summed E-state index contributed by atoms with van der Waals surface area (Å²) in [6.07, 6.45) is 2.51. The van der Waals surface area contributed by atoms with Crippen LogP contribution in [0.2, 0.25) is 0 Å². The minimum Gasteiger partial charge on any atom is -0.340 e. The summed E-state index contributed by atoms with van der Waals surface area (Å²) in [5, 5.41) is 11.9. The fraction of sp³-hybridized carbons (Fsp3) is 0.0833. The quantitative estimate of drug-likeness (QED) is 0.565. The molecule has 2 rings (SSSR count). The molecule has 0 aliphatic rings. The maximum atomic E-state index is 13.2. The van der Waals surface area contributed by atoms with Crippen molar-refractivity contribution in [3.63, 3.8) is 0 Å². The van der Waals surface area contributed by atoms with Crippen molar-refractivity contribution in [3.05, 3.63) is 34.8 Å². The number of nitrogens with zero attached hydrogens (tertiary/aromatic N) is 3. The second kappa shape index (κ2) is 6.88. The number of halogens is 1. The lowest BCUT2D eigenvalue weighted by atomic mass is 10.3. The van der Waals surface area contributed by atoms with E-state index in [1.165, 1.54) is 19.3 Å². The molecular formula is C12H9FN6OS2. The van der Waals surface area contributed by atoms with E-state index in [1.807, 2.05) is 6.07 Å². The molecule has 0 saturated carbocycles. The minimum absolute atomic E-state index is 0.0838. The van der Waals surface area contributed by atoms with Gasteiger partial charge in [0, 0.05) is 18.8 Å². The van der Waals surface area contributed by atoms with Gasteiger partial charge >= 0.3 is 6.03 Å². The number of thiocarbonyl (C=S) groups is 1. The van der Waals surface area contributed by atoms with E-state index in [0.717, 1.165) is 17.5 Å². The van der Waals surface area contributed by atoms with Crippen LogP contribution in [0.1, 0.15) is 10.6 Å². The van der Waals surface area contributed by atoms with Gasteiger partial charge in [0.1, 0.15) is 26.8 Å². The number of thiazole rings is 1. The highest BCUT2D eigenvalue weighted by Crippen LogP contribution is 2.28. The molecule has 0 bridgehead atoms. The van der Waals surface area contributed by atoms with E-state index in [-0.39, 0.29) is 10.7 Å². The monoisotopic (exact) mass is 336 g/mol. The average Bonchev–Trinajstić information content (AvgIpc) is 2.96. The van der Waals surface area contributed by atoms with Crippen LogP contribution in [0.4, 0.5) is 9.18 Å². The van der Waals surface area contributed by atoms with Crippen molar-refractivity contribution in [1.82, 2.24) is 26.1 Å². The molecule has 2 aromatic rings. The van der Waals surface area contributed by atoms with Crippen molar-refractivity contribution in [1.29, 1.82) is 5.26 Å². The van der Waals surface area contributed by atoms with Crippen LogP contribution in [-0.2, 0) is 0 Å². The van der Waals surface area contributed by atoms with Crippen molar-refractivity contribution in [2.45, 2.75) is 0 Å². The zero-order valence-corrected chi connectivity index (χ0v) is 12.8. The van der Waals surface area contributed by atoms with Crippen molar-refractivity contribution in [3.8, 4) is 16.6 Å². The van der Waals surface area contributed by atoms with Gasteiger partial charge in [-0.25, -0.2) is 14.2 Å². The zero-order chi connectivity index (χ0) is 16.1. The lowest BCUT2D eigenvalue weighted by Gasteiger charge is -2.07. The van der Waals surface area contributed by atoms with Gasteiger partial charge in [0.25, 0.3) is 0 Å². The van der Waals surface area contributed by atoms with E-state index in [2.05, 4.69) is 26.1 Å². The van der Waals surface area contributed by atoms with Gasteiger partial charge in [-0.05, 0) is 6.07 Å². The number of nitrogens with one attached hydrogen (secondary N) is 3. The van der Waals surface area contributed by atoms with Gasteiger partial charge in [0.05, 0.1) is 6.20 Å². The topological polar surface area (TPSA) is 103 Å². The first kappa shape index (κ1) is 15.7. The van der Waals surface area contributed by atoms with Gasteiger partial charge in [-0.15, -0.1) is 11.3 Å². The number of carbonyl (C=O) groups excluding carboxylic acids is 1. The number of hydrogen-bond donors (Lipinski definition) is 3. The van der Waals surface area contributed by atoms with E-state index >= 15 is 0 Å². The third-order valence-electron chi connectivity index (χ3n) is 2.41. The Morgan fingerprint density at radius 1 is 1.45 bits per heavy atom. The summed E-state index contributed by atoms with van der Waals surface area (Å²) < 4.78 is 13.2. The average molecular weight is 336 g/mol. The summed E-state index contributed by atoms with van der Waals surface area (Å²) >= 11 is 6.20. The van der Waals surface area contributed by atoms with Gasteiger partial charge in [0.2, 0.25) is 0 Å². The van der Waals surface area contributed by atoms with Gasteiger partial charge in [-0.1, -0.05) is 12.2 Å². The highest BCUT2D eigenvalue weighted by Gasteiger charge is 2.17. The lowest BCUT2D eigenvalue weighted by Crippen LogP contribution is -2.45. The lowest BCUT2D eigenvalue weighted by molar-refractivity contribution is 0.241. The van der Waals surface area contributed by atoms with Crippen molar-refractivity contribution >= 4 is 34.6 Å². The molecule has 0 aromatic carbocycles. The smallest absolute Gasteiger partial charge is 0.333 e. The summed E-state index contributed by atoms with van der Waals surface area (Å²) in [6, 6.07) is 2.69. The van der Waals surface area contributed by atoms with Crippen LogP contribution >= 0.6 is 23.6 Å². The van der Waals surface area contributed by atoms with Gasteiger partial charge in [-0.2, -0.15) is 5.26 Å². The highest BCUT2D eigenvalue weighted by molar-refractivity contribution is 7.81. The molecule has 0 aliphatic heterocycles. The molecule has 10 heteroatoms. The Morgan fingerprint density at radius 3 is 2.86 bits per heavy atom. The van der Waals surface area contributed by atoms with E-state index < -0.39 is 11.8 Å². The SMILES string of the molecule is CNC(=O)NNC(=S)c1sc(-c2cncc(F)c2)nc1C#N. The van der Waals surface area contributed by atoms with E-state index in [4.69, 9.17) is 17.5 Å². The Kier molecular flexibility index (Phi) is 4.92. The van der Waals surface area contributed by atoms with E-state index in [1.54, 1.807) is 0 Å². The molecule has 0 unspecified atom stereocenters. The van der Waals surface area contributed by atoms with Crippen LogP contribution in [-0.4, -0.2) is 28.0 Å². The maximum Gasteiger partial charge on any atom is 0.333 e. The van der Waals surface area contributed by atoms with Crippen molar-refractivity contribution in [2.75, 3.05) is 7.05 Å². The van der Waals surface area contributed by atoms with Gasteiger partial charge in [0.15, 0.2) is 5.69 Å². The Balaban J connectivity index is 2.28. The summed E-state index contributed by atoms with van der Waals surface area (Å²) in [4.78, 5) is 19.4. The van der Waals surface area contributed by atoms with Crippen LogP contribution in [0, 0.1) is 17.1 Å². The largest absolute Gasteiger partial charge is 0.340 e. The van der Waals surface area contributed by atoms with Crippen LogP contribution in [0.3, 0.4) is 0 Å². The number of urea groups is 1. The number of hydrazine groups is 1. The molecule has 2 heterocycles. The number of carbonyl (C=O) groups is 1. The number of rotatable bonds is 2. The maximum absolute atomic E-state index is 13.2. The second-order valence-corrected chi connectivity index (χ2v) is 5.27. The molecule has 0 radical (unpaired) electrons. The number of aromatic nitrogens is 2. The van der Waals surface area contributed by atoms with Crippen molar-refractivity contribution in [2.24, 2.45) is 0 Å². The summed E-state index contributed by atoms with van der Waals surface area (Å²) in [5.74, 6) is -0.505. The molecule has 2 amide bonds. The van der Waals surface area contributed by atoms with Gasteiger partial charge in [-0.3, -0.25) is 15.8 Å². The predicted molar refractivity (Wildman–Crippen MR) is 82.4 cm³/mol. The Hall–Kier alpha value is -2.64. The van der Waals surface area contributed by atoms with Crippen LogP contribution in [0.5, 0.6) is 0 Å². The third-order valence-corrected chi connectivity index (χ3v) is 3.97. The number of pyridine rings is 1. The molecule has 7 nitrogen and oxygen atoms in total. The summed E-state index contributed by atoms with van der Waals surface area (Å²) in [5.41, 5.74) is 5.32. The Bertz CT molecular complexity index is 769. The van der Waals surface area contributed by atoms with Gasteiger partial charge < -0.3 is 5.32 Å². The van der Waals surface area contributed by atoms with Crippen LogP contribution in [0.15, 0.2) is 18.5 Å². The number of hydrogen-bond acceptors (Lipinski definition) is 6. The molecule has 0 fully saturated rings. The molecule has 0 saturated heterocycles. The molecule has 22 heavy (non-hydrogen) atoms. The number of amides is 2. The van der Waals surface area contributed by atoms with Crippen molar-refractivity contribution < 1.29 is 9.18 Å². The number of nitriles is 1. The Morgan fingerprint density at radius 2 is 2.23 bits per heavy atom. The summed E-state index contributed by atoms with van der Waals surface area (Å²) in [6.45, 7) is 0. The fourth-order valence-corrected chi connectivity index (χ4v) is 2.60. The Labute approximate surface area is 134 Å². The molecule has 0 aliphatic carbocycles. The molecule has 2 aromatic heterocycles. The predicted octanol–water partition coefficient (Wildman–Crippen LogP) is 1.32. The van der Waals surface area contributed by atoms with Crippen LogP contribution in [0.25, 0.3) is 10.6 Å². The highest BCUT2D eigenvalue weighted by atomic mass is 32.1. The van der Waals surface area contributed by atoms with Crippen LogP contribution < -0.4 is 16.2 Å². The normalized spacial score (nSPS) is 9.68. The van der Waals surface area contributed by atoms with E-state index in [0.29, 0.717) is 15.4 Å². The molecule has 0 spiro atoms. The minimum atomic E-state index is -0.505. The molecule has 0 atom stereocenters. The fourth-order valence-electron chi connectivity index (χ4n) is 1.43. The third kappa shape index (κ3) is 3.51. The standard InChI is InChI=1S/C12H9FN6OS2/c1-15-12(20)19-18-10(21)9-8(3-14)17-11(22-9)6-2-7(13)5-16-4-6/h2,4-5H,1H3,(H,18,21)(H2,15,19,20). The first-order valence-electron chi connectivity index (χ1n) is 5.85. The summed E-state index contributed by atoms with van der Waals surface area (Å²) in [7, 11) is 1.45. The molecule has 3 N–H and O–H groups in total. The second-order valence-electron chi connectivity index (χ2n) is 3.86. The van der Waals surface area contributed by atoms with E-state index in [9.17, 15) is 9.18 Å². The zero-order valence-electron chi connectivity index (χ0n) is 11.2. The first-order valence-corrected chi connectivity index (χ1v) is 7.07. The molecular weight excluding hydrogens is 327 g/mol.